The molecule has 150 valence electrons. The van der Waals surface area contributed by atoms with Crippen LogP contribution in [0.4, 0.5) is 13.2 Å². The first kappa shape index (κ1) is 21.5. The number of benzene rings is 1. The number of hydrogen-bond donors (Lipinski definition) is 1. The number of rotatable bonds is 6. The second-order valence-electron chi connectivity index (χ2n) is 5.55. The van der Waals surface area contributed by atoms with Crippen molar-refractivity contribution in [3.05, 3.63) is 22.7 Å². The largest absolute Gasteiger partial charge is 0.493 e. The van der Waals surface area contributed by atoms with Crippen molar-refractivity contribution in [1.82, 2.24) is 10.2 Å². The highest BCUT2D eigenvalue weighted by atomic mass is 35.5. The first-order chi connectivity index (χ1) is 12.7. The molecule has 1 aliphatic heterocycles. The molecule has 0 unspecified atom stereocenters. The van der Waals surface area contributed by atoms with Crippen LogP contribution in [0.3, 0.4) is 0 Å². The van der Waals surface area contributed by atoms with Crippen LogP contribution in [0, 0.1) is 0 Å². The predicted molar refractivity (Wildman–Crippen MR) is 95.5 cm³/mol. The number of thioether (sulfide) groups is 1. The minimum atomic E-state index is -4.52. The van der Waals surface area contributed by atoms with Gasteiger partial charge >= 0.3 is 6.18 Å². The van der Waals surface area contributed by atoms with E-state index in [9.17, 15) is 22.8 Å². The van der Waals surface area contributed by atoms with Gasteiger partial charge in [-0.25, -0.2) is 0 Å². The van der Waals surface area contributed by atoms with Crippen molar-refractivity contribution >= 4 is 35.2 Å². The van der Waals surface area contributed by atoms with Gasteiger partial charge in [-0.1, -0.05) is 11.6 Å². The second kappa shape index (κ2) is 8.92. The van der Waals surface area contributed by atoms with Gasteiger partial charge in [0.15, 0.2) is 11.5 Å². The number of hydrogen-bond acceptors (Lipinski definition) is 5. The number of nitrogens with one attached hydrogen (secondary N) is 1. The van der Waals surface area contributed by atoms with Gasteiger partial charge in [-0.3, -0.25) is 9.59 Å². The summed E-state index contributed by atoms with van der Waals surface area (Å²) in [6.07, 6.45) is -4.52. The highest BCUT2D eigenvalue weighted by Crippen LogP contribution is 2.37. The molecule has 6 nitrogen and oxygen atoms in total. The van der Waals surface area contributed by atoms with Gasteiger partial charge in [0.25, 0.3) is 5.91 Å². The molecule has 1 fully saturated rings. The number of methoxy groups -OCH3 is 1. The molecule has 2 rings (SSSR count). The van der Waals surface area contributed by atoms with E-state index in [0.717, 1.165) is 0 Å². The van der Waals surface area contributed by atoms with Crippen molar-refractivity contribution in [2.24, 2.45) is 0 Å². The van der Waals surface area contributed by atoms with Gasteiger partial charge in [0.05, 0.1) is 24.6 Å². The summed E-state index contributed by atoms with van der Waals surface area (Å²) in [6.45, 7) is 0.658. The number of amides is 2. The summed E-state index contributed by atoms with van der Waals surface area (Å²) < 4.78 is 47.5. The fourth-order valence-electron chi connectivity index (χ4n) is 2.46. The fourth-order valence-corrected chi connectivity index (χ4v) is 3.88. The third kappa shape index (κ3) is 5.35. The van der Waals surface area contributed by atoms with Crippen LogP contribution in [-0.2, 0) is 4.79 Å². The Balaban J connectivity index is 2.20. The first-order valence-electron chi connectivity index (χ1n) is 7.91. The molecule has 1 aliphatic rings. The highest BCUT2D eigenvalue weighted by molar-refractivity contribution is 7.99. The molecule has 0 aliphatic carbocycles. The standard InChI is InChI=1S/C16H18ClF3N2O4S/c1-3-26-13-10(17)4-9(5-12(13)25-2)15(24)22-8-27-6-11(22)14(23)21-7-16(18,19)20/h4-5,11H,3,6-8H2,1-2H3,(H,21,23)/t11-/m0/s1. The van der Waals surface area contributed by atoms with Gasteiger partial charge in [0.1, 0.15) is 12.6 Å². The molecule has 0 bridgehead atoms. The highest BCUT2D eigenvalue weighted by Gasteiger charge is 2.37. The summed E-state index contributed by atoms with van der Waals surface area (Å²) >= 11 is 7.43. The maximum absolute atomic E-state index is 12.8. The zero-order valence-corrected chi connectivity index (χ0v) is 16.1. The van der Waals surface area contributed by atoms with Crippen molar-refractivity contribution < 1.29 is 32.2 Å². The fraction of sp³-hybridized carbons (Fsp3) is 0.500. The molecule has 27 heavy (non-hydrogen) atoms. The van der Waals surface area contributed by atoms with Crippen molar-refractivity contribution in [3.63, 3.8) is 0 Å². The SMILES string of the molecule is CCOc1c(Cl)cc(C(=O)N2CSC[C@H]2C(=O)NCC(F)(F)F)cc1OC. The summed E-state index contributed by atoms with van der Waals surface area (Å²) in [5, 5.41) is 1.98. The summed E-state index contributed by atoms with van der Waals surface area (Å²) in [4.78, 5) is 26.1. The normalized spacial score (nSPS) is 17.0. The molecule has 1 aromatic carbocycles. The lowest BCUT2D eigenvalue weighted by Gasteiger charge is -2.24. The number of nitrogens with zero attached hydrogens (tertiary/aromatic N) is 1. The molecule has 0 aromatic heterocycles. The van der Waals surface area contributed by atoms with Crippen LogP contribution in [0.15, 0.2) is 12.1 Å². The molecule has 0 spiro atoms. The third-order valence-corrected chi connectivity index (χ3v) is 4.97. The van der Waals surface area contributed by atoms with Crippen LogP contribution in [0.5, 0.6) is 11.5 Å². The summed E-state index contributed by atoms with van der Waals surface area (Å²) in [7, 11) is 1.39. The summed E-state index contributed by atoms with van der Waals surface area (Å²) in [5.41, 5.74) is 0.149. The lowest BCUT2D eigenvalue weighted by Crippen LogP contribution is -2.49. The Hall–Kier alpha value is -1.81. The van der Waals surface area contributed by atoms with Crippen LogP contribution in [0.1, 0.15) is 17.3 Å². The van der Waals surface area contributed by atoms with Crippen molar-refractivity contribution in [2.45, 2.75) is 19.1 Å². The zero-order valence-electron chi connectivity index (χ0n) is 14.6. The summed E-state index contributed by atoms with van der Waals surface area (Å²) in [5.74, 6) is -0.468. The molecule has 0 saturated carbocycles. The van der Waals surface area contributed by atoms with Crippen LogP contribution < -0.4 is 14.8 Å². The number of halogens is 4. The molecular formula is C16H18ClF3N2O4S. The van der Waals surface area contributed by atoms with Gasteiger partial charge in [0.2, 0.25) is 5.91 Å². The molecule has 0 radical (unpaired) electrons. The third-order valence-electron chi connectivity index (χ3n) is 3.67. The van der Waals surface area contributed by atoms with Gasteiger partial charge in [-0.05, 0) is 19.1 Å². The Morgan fingerprint density at radius 2 is 2.11 bits per heavy atom. The Bertz CT molecular complexity index is 718. The van der Waals surface area contributed by atoms with E-state index in [0.29, 0.717) is 6.61 Å². The lowest BCUT2D eigenvalue weighted by atomic mass is 10.1. The van der Waals surface area contributed by atoms with E-state index < -0.39 is 30.6 Å². The first-order valence-corrected chi connectivity index (χ1v) is 9.44. The Morgan fingerprint density at radius 1 is 1.41 bits per heavy atom. The lowest BCUT2D eigenvalue weighted by molar-refractivity contribution is -0.140. The Morgan fingerprint density at radius 3 is 2.70 bits per heavy atom. The van der Waals surface area contributed by atoms with Crippen LogP contribution in [0.2, 0.25) is 5.02 Å². The van der Waals surface area contributed by atoms with Crippen molar-refractivity contribution in [3.8, 4) is 11.5 Å². The molecule has 1 N–H and O–H groups in total. The zero-order chi connectivity index (χ0) is 20.2. The van der Waals surface area contributed by atoms with Crippen LogP contribution in [-0.4, -0.2) is 60.8 Å². The van der Waals surface area contributed by atoms with Gasteiger partial charge < -0.3 is 19.7 Å². The quantitative estimate of drug-likeness (QED) is 0.757. The Labute approximate surface area is 163 Å². The molecule has 1 saturated heterocycles. The van der Waals surface area contributed by atoms with Crippen LogP contribution in [0.25, 0.3) is 0 Å². The topological polar surface area (TPSA) is 67.9 Å². The maximum atomic E-state index is 12.8. The van der Waals surface area contributed by atoms with Gasteiger partial charge in [-0.15, -0.1) is 11.8 Å². The van der Waals surface area contributed by atoms with Crippen LogP contribution >= 0.6 is 23.4 Å². The number of ether oxygens (including phenoxy) is 2. The molecule has 11 heteroatoms. The average molecular weight is 427 g/mol. The molecule has 1 aromatic rings. The monoisotopic (exact) mass is 426 g/mol. The Kier molecular flexibility index (Phi) is 7.10. The number of alkyl halides is 3. The minimum Gasteiger partial charge on any atom is -0.493 e. The van der Waals surface area contributed by atoms with E-state index in [1.165, 1.54) is 35.9 Å². The maximum Gasteiger partial charge on any atom is 0.405 e. The second-order valence-corrected chi connectivity index (χ2v) is 6.95. The molecule has 1 atom stereocenters. The van der Waals surface area contributed by atoms with E-state index >= 15 is 0 Å². The van der Waals surface area contributed by atoms with E-state index in [1.54, 1.807) is 6.92 Å². The average Bonchev–Trinajstić information content (AvgIpc) is 3.09. The van der Waals surface area contributed by atoms with Gasteiger partial charge in [-0.2, -0.15) is 13.2 Å². The molecule has 2 amide bonds. The number of carbonyl (C=O) groups is 2. The number of carbonyl (C=O) groups excluding carboxylic acids is 2. The minimum absolute atomic E-state index is 0.149. The van der Waals surface area contributed by atoms with E-state index in [2.05, 4.69) is 0 Å². The summed E-state index contributed by atoms with van der Waals surface area (Å²) in [6, 6.07) is 1.80. The smallest absolute Gasteiger partial charge is 0.405 e. The van der Waals surface area contributed by atoms with Gasteiger partial charge in [0, 0.05) is 11.3 Å². The molecular weight excluding hydrogens is 409 g/mol. The van der Waals surface area contributed by atoms with E-state index in [1.807, 2.05) is 5.32 Å². The van der Waals surface area contributed by atoms with Crippen molar-refractivity contribution in [1.29, 1.82) is 0 Å². The predicted octanol–water partition coefficient (Wildman–Crippen LogP) is 2.94. The van der Waals surface area contributed by atoms with E-state index in [4.69, 9.17) is 21.1 Å². The van der Waals surface area contributed by atoms with E-state index in [-0.39, 0.29) is 33.7 Å². The molecule has 1 heterocycles. The van der Waals surface area contributed by atoms with Crippen molar-refractivity contribution in [2.75, 3.05) is 31.9 Å².